The van der Waals surface area contributed by atoms with Gasteiger partial charge < -0.3 is 4.57 Å². The van der Waals surface area contributed by atoms with Crippen LogP contribution in [0, 0.1) is 5.41 Å². The molecule has 0 unspecified atom stereocenters. The number of carbonyl (C=O) groups excluding carboxylic acids is 1. The molecule has 1 aromatic carbocycles. The average molecular weight is 382 g/mol. The van der Waals surface area contributed by atoms with Crippen LogP contribution in [0.1, 0.15) is 31.9 Å². The maximum absolute atomic E-state index is 12.5. The highest BCUT2D eigenvalue weighted by molar-refractivity contribution is 7.07. The Morgan fingerprint density at radius 2 is 1.93 bits per heavy atom. The molecule has 0 fully saturated rings. The van der Waals surface area contributed by atoms with Crippen molar-refractivity contribution in [3.63, 3.8) is 0 Å². The lowest BCUT2D eigenvalue weighted by Crippen LogP contribution is -2.29. The summed E-state index contributed by atoms with van der Waals surface area (Å²) in [5, 5.41) is 4.37. The van der Waals surface area contributed by atoms with Crippen molar-refractivity contribution in [2.24, 2.45) is 12.5 Å². The fourth-order valence-electron chi connectivity index (χ4n) is 2.50. The molecule has 5 nitrogen and oxygen atoms in total. The fourth-order valence-corrected chi connectivity index (χ4v) is 3.53. The lowest BCUT2D eigenvalue weighted by atomic mass is 9.91. The number of aromatic nitrogens is 3. The molecule has 140 valence electrons. The summed E-state index contributed by atoms with van der Waals surface area (Å²) in [6, 6.07) is 10.1. The Hall–Kier alpha value is -2.73. The summed E-state index contributed by atoms with van der Waals surface area (Å²) in [6.45, 7) is 6.28. The Labute approximate surface area is 161 Å². The molecule has 0 N–H and O–H groups in total. The monoisotopic (exact) mass is 381 g/mol. The molecule has 3 rings (SSSR count). The Balaban J connectivity index is 1.93. The highest BCUT2D eigenvalue weighted by Gasteiger charge is 2.19. The van der Waals surface area contributed by atoms with Crippen LogP contribution in [-0.4, -0.2) is 20.1 Å². The molecule has 0 radical (unpaired) electrons. The van der Waals surface area contributed by atoms with E-state index in [0.717, 1.165) is 11.1 Å². The van der Waals surface area contributed by atoms with Crippen molar-refractivity contribution in [1.82, 2.24) is 14.3 Å². The predicted molar refractivity (Wildman–Crippen MR) is 109 cm³/mol. The van der Waals surface area contributed by atoms with E-state index in [2.05, 4.69) is 17.2 Å². The second-order valence-corrected chi connectivity index (χ2v) is 8.59. The number of rotatable bonds is 4. The lowest BCUT2D eigenvalue weighted by molar-refractivity contribution is -0.120. The van der Waals surface area contributed by atoms with Crippen LogP contribution in [0.2, 0.25) is 0 Å². The molecule has 3 aromatic rings. The summed E-state index contributed by atoms with van der Waals surface area (Å²) in [6.07, 6.45) is 7.03. The molecule has 0 bridgehead atoms. The summed E-state index contributed by atoms with van der Waals surface area (Å²) in [4.78, 5) is 24.8. The number of benzene rings is 1. The molecule has 0 aliphatic carbocycles. The van der Waals surface area contributed by atoms with Crippen LogP contribution in [0.15, 0.2) is 47.5 Å². The number of ketones is 1. The van der Waals surface area contributed by atoms with Crippen LogP contribution in [0.25, 0.3) is 12.2 Å². The second-order valence-electron chi connectivity index (χ2n) is 7.53. The first-order chi connectivity index (χ1) is 12.7. The van der Waals surface area contributed by atoms with Gasteiger partial charge in [0.25, 0.3) is 5.56 Å². The van der Waals surface area contributed by atoms with E-state index in [0.29, 0.717) is 15.7 Å². The van der Waals surface area contributed by atoms with Gasteiger partial charge in [0.1, 0.15) is 4.66 Å². The first kappa shape index (κ1) is 19.0. The summed E-state index contributed by atoms with van der Waals surface area (Å²) in [5.41, 5.74) is 1.45. The van der Waals surface area contributed by atoms with Gasteiger partial charge in [0.05, 0.1) is 17.3 Å². The normalized spacial score (nSPS) is 13.3. The third-order valence-electron chi connectivity index (χ3n) is 4.19. The van der Waals surface area contributed by atoms with Gasteiger partial charge in [-0.3, -0.25) is 14.3 Å². The van der Waals surface area contributed by atoms with Crippen LogP contribution >= 0.6 is 11.3 Å². The molecule has 0 aliphatic heterocycles. The van der Waals surface area contributed by atoms with E-state index in [-0.39, 0.29) is 11.3 Å². The smallest absolute Gasteiger partial charge is 0.268 e. The van der Waals surface area contributed by atoms with E-state index >= 15 is 0 Å². The zero-order chi connectivity index (χ0) is 19.6. The first-order valence-electron chi connectivity index (χ1n) is 8.74. The van der Waals surface area contributed by atoms with Gasteiger partial charge >= 0.3 is 0 Å². The number of nitrogens with zero attached hydrogens (tertiary/aromatic N) is 3. The van der Waals surface area contributed by atoms with Gasteiger partial charge in [0, 0.05) is 30.3 Å². The number of Topliss-reactive ketones (excluding diaryl/α,β-unsaturated/α-hetero) is 1. The largest absolute Gasteiger partial charge is 0.302 e. The molecule has 0 aliphatic rings. The molecule has 0 saturated heterocycles. The second kappa shape index (κ2) is 7.48. The van der Waals surface area contributed by atoms with E-state index < -0.39 is 5.41 Å². The van der Waals surface area contributed by atoms with E-state index in [1.165, 1.54) is 15.9 Å². The topological polar surface area (TPSA) is 56.9 Å². The van der Waals surface area contributed by atoms with E-state index in [9.17, 15) is 9.59 Å². The van der Waals surface area contributed by atoms with Crippen molar-refractivity contribution in [2.75, 3.05) is 0 Å². The summed E-state index contributed by atoms with van der Waals surface area (Å²) >= 11 is 1.32. The molecule has 6 heteroatoms. The predicted octanol–water partition coefficient (Wildman–Crippen LogP) is 1.92. The van der Waals surface area contributed by atoms with Crippen molar-refractivity contribution in [2.45, 2.75) is 27.3 Å². The van der Waals surface area contributed by atoms with Crippen molar-refractivity contribution < 1.29 is 4.79 Å². The minimum absolute atomic E-state index is 0.00146. The van der Waals surface area contributed by atoms with Gasteiger partial charge in [0.15, 0.2) is 5.78 Å². The van der Waals surface area contributed by atoms with Crippen LogP contribution in [-0.2, 0) is 18.4 Å². The molecular weight excluding hydrogens is 358 g/mol. The standard InChI is InChI=1S/C21H23N3O2S/c1-21(2,3)18(25)11-19-23(4)20(26)17(27-19)10-16-12-22-24(14-16)13-15-8-6-5-7-9-15/h5-12,14H,13H2,1-4H3/b17-10+,19-11-. The molecule has 27 heavy (non-hydrogen) atoms. The third-order valence-corrected chi connectivity index (χ3v) is 5.31. The Bertz CT molecular complexity index is 1130. The van der Waals surface area contributed by atoms with Crippen LogP contribution in [0.4, 0.5) is 0 Å². The molecule has 0 atom stereocenters. The van der Waals surface area contributed by atoms with Gasteiger partial charge in [-0.25, -0.2) is 0 Å². The summed E-state index contributed by atoms with van der Waals surface area (Å²) < 4.78 is 4.61. The van der Waals surface area contributed by atoms with Crippen LogP contribution in [0.5, 0.6) is 0 Å². The number of hydrogen-bond donors (Lipinski definition) is 0. The summed E-state index contributed by atoms with van der Waals surface area (Å²) in [7, 11) is 1.69. The van der Waals surface area contributed by atoms with Gasteiger partial charge in [-0.05, 0) is 11.6 Å². The van der Waals surface area contributed by atoms with Gasteiger partial charge in [-0.1, -0.05) is 51.1 Å². The average Bonchev–Trinajstić information content (AvgIpc) is 3.15. The van der Waals surface area contributed by atoms with Gasteiger partial charge in [0.2, 0.25) is 0 Å². The number of carbonyl (C=O) groups is 1. The molecule has 2 aromatic heterocycles. The maximum atomic E-state index is 12.5. The Morgan fingerprint density at radius 3 is 2.59 bits per heavy atom. The highest BCUT2D eigenvalue weighted by Crippen LogP contribution is 2.14. The number of hydrogen-bond acceptors (Lipinski definition) is 4. The molecule has 0 amide bonds. The zero-order valence-corrected chi connectivity index (χ0v) is 16.8. The molecule has 2 heterocycles. The minimum atomic E-state index is -0.470. The molecule has 0 spiro atoms. The van der Waals surface area contributed by atoms with Gasteiger partial charge in [-0.15, -0.1) is 11.3 Å². The molecule has 0 saturated carbocycles. The maximum Gasteiger partial charge on any atom is 0.268 e. The quantitative estimate of drug-likeness (QED) is 0.694. The highest BCUT2D eigenvalue weighted by atomic mass is 32.1. The van der Waals surface area contributed by atoms with Crippen molar-refractivity contribution in [1.29, 1.82) is 0 Å². The minimum Gasteiger partial charge on any atom is -0.302 e. The van der Waals surface area contributed by atoms with Crippen molar-refractivity contribution in [3.8, 4) is 0 Å². The fraction of sp³-hybridized carbons (Fsp3) is 0.286. The SMILES string of the molecule is Cn1c(=O)/c(=C\c2cnn(Cc3ccccc3)c2)s/c1=C\C(=O)C(C)(C)C. The van der Waals surface area contributed by atoms with Gasteiger partial charge in [-0.2, -0.15) is 5.10 Å². The van der Waals surface area contributed by atoms with Crippen LogP contribution in [0.3, 0.4) is 0 Å². The van der Waals surface area contributed by atoms with Crippen molar-refractivity contribution in [3.05, 3.63) is 73.4 Å². The third kappa shape index (κ3) is 4.52. The molecular formula is C21H23N3O2S. The first-order valence-corrected chi connectivity index (χ1v) is 9.56. The Morgan fingerprint density at radius 1 is 1.22 bits per heavy atom. The van der Waals surface area contributed by atoms with Crippen LogP contribution < -0.4 is 14.8 Å². The summed E-state index contributed by atoms with van der Waals surface area (Å²) in [5.74, 6) is 0.00146. The Kier molecular flexibility index (Phi) is 5.28. The van der Waals surface area contributed by atoms with E-state index in [1.54, 1.807) is 19.3 Å². The van der Waals surface area contributed by atoms with E-state index in [1.807, 2.05) is 55.9 Å². The number of thiazole rings is 1. The van der Waals surface area contributed by atoms with Crippen molar-refractivity contribution >= 4 is 29.3 Å². The lowest BCUT2D eigenvalue weighted by Gasteiger charge is -2.12. The zero-order valence-electron chi connectivity index (χ0n) is 16.0. The van der Waals surface area contributed by atoms with E-state index in [4.69, 9.17) is 0 Å².